The molecule has 1 atom stereocenters. The second-order valence-electron chi connectivity index (χ2n) is 5.07. The summed E-state index contributed by atoms with van der Waals surface area (Å²) in [5.41, 5.74) is 6.40. The highest BCUT2D eigenvalue weighted by atomic mass is 15.2. The molecule has 0 saturated heterocycles. The molecule has 2 heteroatoms. The Hall–Kier alpha value is -0.0800. The van der Waals surface area contributed by atoms with Gasteiger partial charge in [0.05, 0.1) is 0 Å². The van der Waals surface area contributed by atoms with Gasteiger partial charge in [-0.2, -0.15) is 0 Å². The topological polar surface area (TPSA) is 29.3 Å². The van der Waals surface area contributed by atoms with Crippen LogP contribution in [0.15, 0.2) is 0 Å². The summed E-state index contributed by atoms with van der Waals surface area (Å²) in [6.07, 6.45) is 5.51. The van der Waals surface area contributed by atoms with Gasteiger partial charge in [-0.15, -0.1) is 0 Å². The van der Waals surface area contributed by atoms with Crippen molar-refractivity contribution in [1.82, 2.24) is 4.90 Å². The quantitative estimate of drug-likeness (QED) is 0.699. The maximum atomic E-state index is 6.32. The van der Waals surface area contributed by atoms with Gasteiger partial charge in [-0.05, 0) is 45.1 Å². The number of nitrogens with zero attached hydrogens (tertiary/aromatic N) is 1. The van der Waals surface area contributed by atoms with Gasteiger partial charge in [-0.1, -0.05) is 6.92 Å². The molecule has 0 radical (unpaired) electrons. The van der Waals surface area contributed by atoms with Crippen molar-refractivity contribution in [2.45, 2.75) is 51.1 Å². The maximum absolute atomic E-state index is 6.32. The van der Waals surface area contributed by atoms with Crippen LogP contribution in [0.4, 0.5) is 0 Å². The van der Waals surface area contributed by atoms with Crippen molar-refractivity contribution in [3.05, 3.63) is 0 Å². The standard InChI is InChI=1S/C11H22N2/c1-3-13(10-6-7-10)8-11(2,12)9-4-5-9/h9-10H,3-8,12H2,1-2H3. The van der Waals surface area contributed by atoms with Crippen LogP contribution in [-0.2, 0) is 0 Å². The van der Waals surface area contributed by atoms with Gasteiger partial charge in [0.1, 0.15) is 0 Å². The third kappa shape index (κ3) is 2.23. The molecule has 0 bridgehead atoms. The Bertz CT molecular complexity index is 181. The second kappa shape index (κ2) is 3.25. The highest BCUT2D eigenvalue weighted by molar-refractivity contribution is 4.99. The Morgan fingerprint density at radius 3 is 2.31 bits per heavy atom. The van der Waals surface area contributed by atoms with Crippen molar-refractivity contribution in [1.29, 1.82) is 0 Å². The van der Waals surface area contributed by atoms with E-state index in [-0.39, 0.29) is 5.54 Å². The van der Waals surface area contributed by atoms with Crippen molar-refractivity contribution in [3.8, 4) is 0 Å². The van der Waals surface area contributed by atoms with Gasteiger partial charge < -0.3 is 5.73 Å². The first-order valence-corrected chi connectivity index (χ1v) is 5.66. The lowest BCUT2D eigenvalue weighted by Gasteiger charge is -2.32. The molecule has 1 unspecified atom stereocenters. The van der Waals surface area contributed by atoms with Gasteiger partial charge in [-0.25, -0.2) is 0 Å². The van der Waals surface area contributed by atoms with E-state index in [1.165, 1.54) is 32.2 Å². The minimum Gasteiger partial charge on any atom is -0.324 e. The lowest BCUT2D eigenvalue weighted by atomic mass is 9.96. The van der Waals surface area contributed by atoms with Crippen LogP contribution >= 0.6 is 0 Å². The zero-order valence-corrected chi connectivity index (χ0v) is 8.92. The van der Waals surface area contributed by atoms with Crippen LogP contribution in [-0.4, -0.2) is 29.6 Å². The Morgan fingerprint density at radius 2 is 1.92 bits per heavy atom. The van der Waals surface area contributed by atoms with E-state index in [1.807, 2.05) is 0 Å². The molecular formula is C11H22N2. The van der Waals surface area contributed by atoms with E-state index in [4.69, 9.17) is 5.73 Å². The maximum Gasteiger partial charge on any atom is 0.0283 e. The SMILES string of the molecule is CCN(CC(C)(N)C1CC1)C1CC1. The minimum atomic E-state index is 0.0819. The molecule has 0 aromatic rings. The molecule has 2 fully saturated rings. The van der Waals surface area contributed by atoms with Crippen molar-refractivity contribution >= 4 is 0 Å². The highest BCUT2D eigenvalue weighted by Crippen LogP contribution is 2.39. The third-order valence-corrected chi connectivity index (χ3v) is 3.52. The zero-order valence-electron chi connectivity index (χ0n) is 8.92. The van der Waals surface area contributed by atoms with Gasteiger partial charge in [0.2, 0.25) is 0 Å². The molecule has 0 aromatic carbocycles. The molecule has 2 nitrogen and oxygen atoms in total. The smallest absolute Gasteiger partial charge is 0.0283 e. The van der Waals surface area contributed by atoms with E-state index in [1.54, 1.807) is 0 Å². The summed E-state index contributed by atoms with van der Waals surface area (Å²) in [5, 5.41) is 0. The first-order valence-electron chi connectivity index (χ1n) is 5.66. The summed E-state index contributed by atoms with van der Waals surface area (Å²) in [5.74, 6) is 0.806. The first kappa shape index (κ1) is 9.47. The summed E-state index contributed by atoms with van der Waals surface area (Å²) in [4.78, 5) is 2.57. The van der Waals surface area contributed by atoms with Crippen LogP contribution in [0.5, 0.6) is 0 Å². The van der Waals surface area contributed by atoms with Crippen molar-refractivity contribution < 1.29 is 0 Å². The van der Waals surface area contributed by atoms with Crippen molar-refractivity contribution in [3.63, 3.8) is 0 Å². The van der Waals surface area contributed by atoms with Crippen LogP contribution in [0.1, 0.15) is 39.5 Å². The summed E-state index contributed by atoms with van der Waals surface area (Å²) in [7, 11) is 0. The van der Waals surface area contributed by atoms with Gasteiger partial charge in [0.25, 0.3) is 0 Å². The van der Waals surface area contributed by atoms with E-state index in [9.17, 15) is 0 Å². The number of rotatable bonds is 5. The second-order valence-corrected chi connectivity index (χ2v) is 5.07. The van der Waals surface area contributed by atoms with Crippen LogP contribution in [0.3, 0.4) is 0 Å². The molecule has 2 aliphatic carbocycles. The Labute approximate surface area is 81.5 Å². The minimum absolute atomic E-state index is 0.0819. The predicted octanol–water partition coefficient (Wildman–Crippen LogP) is 1.60. The van der Waals surface area contributed by atoms with E-state index in [0.717, 1.165) is 18.5 Å². The third-order valence-electron chi connectivity index (χ3n) is 3.52. The Morgan fingerprint density at radius 1 is 1.31 bits per heavy atom. The van der Waals surface area contributed by atoms with Crippen LogP contribution in [0.2, 0.25) is 0 Å². The summed E-state index contributed by atoms with van der Waals surface area (Å²) >= 11 is 0. The molecule has 0 aliphatic heterocycles. The van der Waals surface area contributed by atoms with E-state index >= 15 is 0 Å². The van der Waals surface area contributed by atoms with Gasteiger partial charge in [-0.3, -0.25) is 4.90 Å². The summed E-state index contributed by atoms with van der Waals surface area (Å²) in [6.45, 7) is 6.76. The monoisotopic (exact) mass is 182 g/mol. The summed E-state index contributed by atoms with van der Waals surface area (Å²) < 4.78 is 0. The fraction of sp³-hybridized carbons (Fsp3) is 1.00. The Balaban J connectivity index is 1.85. The number of hydrogen-bond acceptors (Lipinski definition) is 2. The molecule has 0 heterocycles. The molecule has 2 aliphatic rings. The predicted molar refractivity (Wildman–Crippen MR) is 55.6 cm³/mol. The lowest BCUT2D eigenvalue weighted by molar-refractivity contribution is 0.202. The number of nitrogens with two attached hydrogens (primary N) is 1. The molecule has 0 amide bonds. The normalized spacial score (nSPS) is 27.7. The lowest BCUT2D eigenvalue weighted by Crippen LogP contribution is -2.50. The Kier molecular flexibility index (Phi) is 2.37. The van der Waals surface area contributed by atoms with Crippen LogP contribution in [0, 0.1) is 5.92 Å². The molecular weight excluding hydrogens is 160 g/mol. The van der Waals surface area contributed by atoms with Crippen LogP contribution < -0.4 is 5.73 Å². The fourth-order valence-corrected chi connectivity index (χ4v) is 2.25. The molecule has 0 spiro atoms. The van der Waals surface area contributed by atoms with Gasteiger partial charge >= 0.3 is 0 Å². The number of likely N-dealkylation sites (N-methyl/N-ethyl adjacent to an activating group) is 1. The molecule has 76 valence electrons. The zero-order chi connectivity index (χ0) is 9.47. The average molecular weight is 182 g/mol. The van der Waals surface area contributed by atoms with Gasteiger partial charge in [0, 0.05) is 18.1 Å². The van der Waals surface area contributed by atoms with Gasteiger partial charge in [0.15, 0.2) is 0 Å². The average Bonchev–Trinajstić information content (AvgIpc) is 2.88. The summed E-state index contributed by atoms with van der Waals surface area (Å²) in [6, 6.07) is 0.867. The van der Waals surface area contributed by atoms with E-state index < -0.39 is 0 Å². The molecule has 13 heavy (non-hydrogen) atoms. The van der Waals surface area contributed by atoms with Crippen LogP contribution in [0.25, 0.3) is 0 Å². The largest absolute Gasteiger partial charge is 0.324 e. The van der Waals surface area contributed by atoms with Crippen molar-refractivity contribution in [2.24, 2.45) is 11.7 Å². The molecule has 2 saturated carbocycles. The highest BCUT2D eigenvalue weighted by Gasteiger charge is 2.41. The van der Waals surface area contributed by atoms with E-state index in [0.29, 0.717) is 0 Å². The van der Waals surface area contributed by atoms with Crippen molar-refractivity contribution in [2.75, 3.05) is 13.1 Å². The first-order chi connectivity index (χ1) is 6.13. The fourth-order valence-electron chi connectivity index (χ4n) is 2.25. The molecule has 0 aromatic heterocycles. The number of hydrogen-bond donors (Lipinski definition) is 1. The van der Waals surface area contributed by atoms with E-state index in [2.05, 4.69) is 18.7 Å². The molecule has 2 rings (SSSR count). The molecule has 2 N–H and O–H groups in total.